The highest BCUT2D eigenvalue weighted by Crippen LogP contribution is 2.30. The van der Waals surface area contributed by atoms with Gasteiger partial charge >= 0.3 is 6.03 Å². The highest BCUT2D eigenvalue weighted by molar-refractivity contribution is 5.81. The molecule has 23 heavy (non-hydrogen) atoms. The fourth-order valence-electron chi connectivity index (χ4n) is 3.67. The summed E-state index contributed by atoms with van der Waals surface area (Å²) in [6, 6.07) is 1.89. The van der Waals surface area contributed by atoms with Crippen LogP contribution in [0.5, 0.6) is 0 Å². The van der Waals surface area contributed by atoms with Gasteiger partial charge in [0, 0.05) is 19.6 Å². The van der Waals surface area contributed by atoms with Crippen LogP contribution in [0.1, 0.15) is 51.4 Å². The number of urea groups is 1. The van der Waals surface area contributed by atoms with Gasteiger partial charge in [-0.25, -0.2) is 4.79 Å². The van der Waals surface area contributed by atoms with Crippen molar-refractivity contribution < 1.29 is 9.59 Å². The highest BCUT2D eigenvalue weighted by Gasteiger charge is 2.30. The molecule has 1 aliphatic heterocycles. The Hall–Kier alpha value is -1.77. The summed E-state index contributed by atoms with van der Waals surface area (Å²) in [5.74, 6) is -0.0149. The van der Waals surface area contributed by atoms with E-state index in [0.717, 1.165) is 51.6 Å². The van der Waals surface area contributed by atoms with Gasteiger partial charge in [-0.2, -0.15) is 5.26 Å². The van der Waals surface area contributed by atoms with Gasteiger partial charge in [-0.05, 0) is 38.0 Å². The fraction of sp³-hybridized carbons (Fsp3) is 0.824. The third-order valence-corrected chi connectivity index (χ3v) is 5.01. The molecule has 1 unspecified atom stereocenters. The lowest BCUT2D eigenvalue weighted by Crippen LogP contribution is -2.48. The molecule has 128 valence electrons. The Balaban J connectivity index is 1.89. The van der Waals surface area contributed by atoms with Crippen molar-refractivity contribution >= 4 is 11.9 Å². The normalized spacial score (nSPS) is 20.4. The minimum absolute atomic E-state index is 0.0299. The van der Waals surface area contributed by atoms with E-state index in [1.54, 1.807) is 0 Å². The number of carbonyl (C=O) groups excluding carboxylic acids is 2. The first-order valence-corrected chi connectivity index (χ1v) is 8.90. The number of nitrogens with zero attached hydrogens (tertiary/aromatic N) is 2. The molecule has 1 saturated carbocycles. The zero-order valence-electron chi connectivity index (χ0n) is 13.9. The lowest BCUT2D eigenvalue weighted by atomic mass is 9.79. The summed E-state index contributed by atoms with van der Waals surface area (Å²) >= 11 is 0. The molecule has 2 fully saturated rings. The van der Waals surface area contributed by atoms with Gasteiger partial charge < -0.3 is 15.5 Å². The second-order valence-electron chi connectivity index (χ2n) is 6.61. The van der Waals surface area contributed by atoms with Gasteiger partial charge in [0.15, 0.2) is 0 Å². The molecule has 1 heterocycles. The number of nitrogens with one attached hydrogen (secondary N) is 2. The van der Waals surface area contributed by atoms with Crippen LogP contribution in [0.3, 0.4) is 0 Å². The lowest BCUT2D eigenvalue weighted by molar-refractivity contribution is -0.126. The first kappa shape index (κ1) is 17.6. The second-order valence-corrected chi connectivity index (χ2v) is 6.61. The average molecular weight is 320 g/mol. The summed E-state index contributed by atoms with van der Waals surface area (Å²) in [7, 11) is 0. The first-order chi connectivity index (χ1) is 11.2. The summed E-state index contributed by atoms with van der Waals surface area (Å²) in [5.41, 5.74) is 0. The Morgan fingerprint density at radius 1 is 1.04 bits per heavy atom. The van der Waals surface area contributed by atoms with Crippen LogP contribution in [0.15, 0.2) is 0 Å². The van der Waals surface area contributed by atoms with E-state index in [1.807, 2.05) is 11.0 Å². The van der Waals surface area contributed by atoms with Gasteiger partial charge in [-0.3, -0.25) is 4.79 Å². The van der Waals surface area contributed by atoms with Crippen molar-refractivity contribution in [1.82, 2.24) is 15.5 Å². The molecule has 0 radical (unpaired) electrons. The highest BCUT2D eigenvalue weighted by atomic mass is 16.2. The molecule has 0 spiro atoms. The number of likely N-dealkylation sites (tertiary alicyclic amines) is 1. The van der Waals surface area contributed by atoms with Crippen LogP contribution in [0.25, 0.3) is 0 Å². The van der Waals surface area contributed by atoms with Crippen LogP contribution in [-0.2, 0) is 4.79 Å². The molecule has 2 rings (SSSR count). The molecule has 1 atom stereocenters. The average Bonchev–Trinajstić information content (AvgIpc) is 2.61. The van der Waals surface area contributed by atoms with Crippen molar-refractivity contribution in [3.8, 4) is 6.07 Å². The molecule has 6 heteroatoms. The van der Waals surface area contributed by atoms with E-state index in [9.17, 15) is 9.59 Å². The predicted octanol–water partition coefficient (Wildman–Crippen LogP) is 2.02. The Labute approximate surface area is 138 Å². The number of hydrogen-bond donors (Lipinski definition) is 2. The molecule has 2 aliphatic rings. The molecular formula is C17H28N4O2. The van der Waals surface area contributed by atoms with E-state index in [-0.39, 0.29) is 24.4 Å². The SMILES string of the molecule is N#CCNC(=O)C(CNC(=O)N1CCCCC1)C1CCCCC1. The molecule has 2 N–H and O–H groups in total. The number of piperidine rings is 1. The summed E-state index contributed by atoms with van der Waals surface area (Å²) < 4.78 is 0. The smallest absolute Gasteiger partial charge is 0.317 e. The van der Waals surface area contributed by atoms with Crippen molar-refractivity contribution in [2.75, 3.05) is 26.2 Å². The third-order valence-electron chi connectivity index (χ3n) is 5.01. The summed E-state index contributed by atoms with van der Waals surface area (Å²) in [4.78, 5) is 26.5. The van der Waals surface area contributed by atoms with Crippen LogP contribution >= 0.6 is 0 Å². The number of rotatable bonds is 5. The van der Waals surface area contributed by atoms with Crippen LogP contribution in [0.4, 0.5) is 4.79 Å². The van der Waals surface area contributed by atoms with E-state index in [1.165, 1.54) is 12.8 Å². The topological polar surface area (TPSA) is 85.2 Å². The van der Waals surface area contributed by atoms with Gasteiger partial charge in [0.1, 0.15) is 6.54 Å². The zero-order valence-corrected chi connectivity index (χ0v) is 13.9. The number of hydrogen-bond acceptors (Lipinski definition) is 3. The van der Waals surface area contributed by atoms with Gasteiger partial charge in [0.25, 0.3) is 0 Å². The maximum atomic E-state index is 12.4. The number of nitriles is 1. The molecule has 0 aromatic heterocycles. The maximum absolute atomic E-state index is 12.4. The lowest BCUT2D eigenvalue weighted by Gasteiger charge is -2.31. The van der Waals surface area contributed by atoms with Crippen LogP contribution in [0.2, 0.25) is 0 Å². The standard InChI is InChI=1S/C17H28N4O2/c18-9-10-19-16(22)15(14-7-3-1-4-8-14)13-20-17(23)21-11-5-2-6-12-21/h14-15H,1-8,10-13H2,(H,19,22)(H,20,23). The molecule has 0 aromatic rings. The Morgan fingerprint density at radius 2 is 1.70 bits per heavy atom. The van der Waals surface area contributed by atoms with Crippen molar-refractivity contribution in [2.24, 2.45) is 11.8 Å². The molecular weight excluding hydrogens is 292 g/mol. The van der Waals surface area contributed by atoms with Crippen molar-refractivity contribution in [3.63, 3.8) is 0 Å². The van der Waals surface area contributed by atoms with Crippen molar-refractivity contribution in [1.29, 1.82) is 5.26 Å². The van der Waals surface area contributed by atoms with Crippen LogP contribution in [-0.4, -0.2) is 43.0 Å². The number of amides is 3. The van der Waals surface area contributed by atoms with E-state index < -0.39 is 0 Å². The molecule has 1 aliphatic carbocycles. The van der Waals surface area contributed by atoms with Gasteiger partial charge in [0.2, 0.25) is 5.91 Å². The predicted molar refractivity (Wildman–Crippen MR) is 87.5 cm³/mol. The fourth-order valence-corrected chi connectivity index (χ4v) is 3.67. The van der Waals surface area contributed by atoms with E-state index >= 15 is 0 Å². The van der Waals surface area contributed by atoms with Crippen LogP contribution < -0.4 is 10.6 Å². The Morgan fingerprint density at radius 3 is 2.35 bits per heavy atom. The molecule has 6 nitrogen and oxygen atoms in total. The quantitative estimate of drug-likeness (QED) is 0.760. The Bertz CT molecular complexity index is 434. The monoisotopic (exact) mass is 320 g/mol. The number of carbonyl (C=O) groups is 2. The van der Waals surface area contributed by atoms with Crippen LogP contribution in [0, 0.1) is 23.2 Å². The molecule has 0 bridgehead atoms. The second kappa shape index (κ2) is 9.39. The summed E-state index contributed by atoms with van der Waals surface area (Å²) in [6.45, 7) is 2.01. The largest absolute Gasteiger partial charge is 0.343 e. The van der Waals surface area contributed by atoms with E-state index in [4.69, 9.17) is 5.26 Å². The third kappa shape index (κ3) is 5.42. The van der Waals surface area contributed by atoms with Gasteiger partial charge in [-0.1, -0.05) is 19.3 Å². The van der Waals surface area contributed by atoms with Crippen molar-refractivity contribution in [2.45, 2.75) is 51.4 Å². The Kier molecular flexibility index (Phi) is 7.18. The zero-order chi connectivity index (χ0) is 16.5. The maximum Gasteiger partial charge on any atom is 0.317 e. The minimum Gasteiger partial charge on any atom is -0.343 e. The summed E-state index contributed by atoms with van der Waals surface area (Å²) in [6.07, 6.45) is 8.88. The van der Waals surface area contributed by atoms with E-state index in [2.05, 4.69) is 10.6 Å². The van der Waals surface area contributed by atoms with Crippen molar-refractivity contribution in [3.05, 3.63) is 0 Å². The van der Waals surface area contributed by atoms with Gasteiger partial charge in [-0.15, -0.1) is 0 Å². The molecule has 3 amide bonds. The minimum atomic E-state index is -0.225. The molecule has 0 aromatic carbocycles. The first-order valence-electron chi connectivity index (χ1n) is 8.90. The summed E-state index contributed by atoms with van der Waals surface area (Å²) in [5, 5.41) is 14.3. The van der Waals surface area contributed by atoms with Gasteiger partial charge in [0.05, 0.1) is 12.0 Å². The molecule has 1 saturated heterocycles. The van der Waals surface area contributed by atoms with E-state index in [0.29, 0.717) is 12.5 Å².